The molecule has 16 heavy (non-hydrogen) atoms. The van der Waals surface area contributed by atoms with E-state index in [4.69, 9.17) is 0 Å². The molecule has 0 saturated carbocycles. The minimum atomic E-state index is 0.652. The van der Waals surface area contributed by atoms with Crippen LogP contribution in [0.4, 0.5) is 5.82 Å². The topological polar surface area (TPSA) is 28.2 Å². The Morgan fingerprint density at radius 2 is 2.19 bits per heavy atom. The van der Waals surface area contributed by atoms with Gasteiger partial charge in [0, 0.05) is 31.9 Å². The van der Waals surface area contributed by atoms with Crippen LogP contribution < -0.4 is 10.2 Å². The molecule has 0 saturated heterocycles. The van der Waals surface area contributed by atoms with Crippen LogP contribution in [0.15, 0.2) is 18.3 Å². The van der Waals surface area contributed by atoms with Gasteiger partial charge in [0.25, 0.3) is 0 Å². The molecule has 1 aromatic rings. The lowest BCUT2D eigenvalue weighted by Gasteiger charge is -2.23. The minimum absolute atomic E-state index is 0.652. The van der Waals surface area contributed by atoms with Crippen LogP contribution in [0.2, 0.25) is 0 Å². The van der Waals surface area contributed by atoms with Crippen LogP contribution in [-0.2, 0) is 6.54 Å². The van der Waals surface area contributed by atoms with Gasteiger partial charge in [-0.1, -0.05) is 26.8 Å². The number of nitrogens with one attached hydrogen (secondary N) is 1. The third-order valence-corrected chi connectivity index (χ3v) is 2.43. The highest BCUT2D eigenvalue weighted by Gasteiger charge is 2.09. The van der Waals surface area contributed by atoms with Gasteiger partial charge in [-0.25, -0.2) is 4.98 Å². The van der Waals surface area contributed by atoms with Gasteiger partial charge in [-0.15, -0.1) is 0 Å². The van der Waals surface area contributed by atoms with Gasteiger partial charge >= 0.3 is 0 Å². The normalized spacial score (nSPS) is 10.8. The quantitative estimate of drug-likeness (QED) is 0.799. The van der Waals surface area contributed by atoms with Crippen LogP contribution in [0.5, 0.6) is 0 Å². The SMILES string of the molecule is CCNCc1cccnc1N(C)CC(C)C. The zero-order valence-corrected chi connectivity index (χ0v) is 10.8. The monoisotopic (exact) mass is 221 g/mol. The predicted molar refractivity (Wildman–Crippen MR) is 69.7 cm³/mol. The van der Waals surface area contributed by atoms with Gasteiger partial charge in [0.15, 0.2) is 0 Å². The molecular weight excluding hydrogens is 198 g/mol. The van der Waals surface area contributed by atoms with E-state index in [1.54, 1.807) is 0 Å². The van der Waals surface area contributed by atoms with Crippen molar-refractivity contribution in [1.82, 2.24) is 10.3 Å². The van der Waals surface area contributed by atoms with Crippen molar-refractivity contribution in [1.29, 1.82) is 0 Å². The van der Waals surface area contributed by atoms with Gasteiger partial charge < -0.3 is 10.2 Å². The highest BCUT2D eigenvalue weighted by atomic mass is 15.2. The minimum Gasteiger partial charge on any atom is -0.359 e. The lowest BCUT2D eigenvalue weighted by molar-refractivity contribution is 0.630. The highest BCUT2D eigenvalue weighted by Crippen LogP contribution is 2.16. The zero-order chi connectivity index (χ0) is 12.0. The Labute approximate surface area is 98.9 Å². The van der Waals surface area contributed by atoms with Gasteiger partial charge in [-0.2, -0.15) is 0 Å². The fraction of sp³-hybridized carbons (Fsp3) is 0.615. The summed E-state index contributed by atoms with van der Waals surface area (Å²) < 4.78 is 0. The van der Waals surface area contributed by atoms with Gasteiger partial charge in [0.05, 0.1) is 0 Å². The second-order valence-electron chi connectivity index (χ2n) is 4.54. The van der Waals surface area contributed by atoms with Crippen molar-refractivity contribution in [3.8, 4) is 0 Å². The average Bonchev–Trinajstić information content (AvgIpc) is 2.25. The van der Waals surface area contributed by atoms with Gasteiger partial charge in [-0.3, -0.25) is 0 Å². The van der Waals surface area contributed by atoms with Gasteiger partial charge in [0.1, 0.15) is 5.82 Å². The van der Waals surface area contributed by atoms with Crippen molar-refractivity contribution in [3.05, 3.63) is 23.9 Å². The third-order valence-electron chi connectivity index (χ3n) is 2.43. The summed E-state index contributed by atoms with van der Waals surface area (Å²) in [5, 5.41) is 3.35. The molecule has 0 aromatic carbocycles. The van der Waals surface area contributed by atoms with Gasteiger partial charge in [0.2, 0.25) is 0 Å². The summed E-state index contributed by atoms with van der Waals surface area (Å²) in [6.45, 7) is 9.49. The molecule has 0 unspecified atom stereocenters. The van der Waals surface area contributed by atoms with Crippen molar-refractivity contribution in [2.24, 2.45) is 5.92 Å². The molecule has 0 atom stereocenters. The maximum Gasteiger partial charge on any atom is 0.132 e. The molecule has 0 aliphatic rings. The molecule has 1 N–H and O–H groups in total. The molecule has 0 fully saturated rings. The molecule has 3 heteroatoms. The van der Waals surface area contributed by atoms with Crippen molar-refractivity contribution >= 4 is 5.82 Å². The number of hydrogen-bond donors (Lipinski definition) is 1. The van der Waals surface area contributed by atoms with E-state index in [1.807, 2.05) is 12.3 Å². The Morgan fingerprint density at radius 1 is 1.44 bits per heavy atom. The number of pyridine rings is 1. The summed E-state index contributed by atoms with van der Waals surface area (Å²) in [6, 6.07) is 4.14. The summed E-state index contributed by atoms with van der Waals surface area (Å²) in [5.41, 5.74) is 1.27. The molecule has 0 spiro atoms. The van der Waals surface area contributed by atoms with Crippen LogP contribution in [0.1, 0.15) is 26.3 Å². The summed E-state index contributed by atoms with van der Waals surface area (Å²) in [7, 11) is 2.11. The highest BCUT2D eigenvalue weighted by molar-refractivity contribution is 5.45. The summed E-state index contributed by atoms with van der Waals surface area (Å²) >= 11 is 0. The predicted octanol–water partition coefficient (Wildman–Crippen LogP) is 2.28. The Hall–Kier alpha value is -1.09. The first kappa shape index (κ1) is 13.0. The molecule has 0 amide bonds. The molecule has 1 rings (SSSR count). The number of rotatable bonds is 6. The summed E-state index contributed by atoms with van der Waals surface area (Å²) in [5.74, 6) is 1.75. The third kappa shape index (κ3) is 3.81. The smallest absolute Gasteiger partial charge is 0.132 e. The van der Waals surface area contributed by atoms with E-state index >= 15 is 0 Å². The largest absolute Gasteiger partial charge is 0.359 e. The maximum absolute atomic E-state index is 4.47. The summed E-state index contributed by atoms with van der Waals surface area (Å²) in [4.78, 5) is 6.70. The average molecular weight is 221 g/mol. The van der Waals surface area contributed by atoms with E-state index in [0.717, 1.165) is 25.5 Å². The molecule has 90 valence electrons. The van der Waals surface area contributed by atoms with E-state index < -0.39 is 0 Å². The van der Waals surface area contributed by atoms with E-state index in [2.05, 4.69) is 49.1 Å². The Morgan fingerprint density at radius 3 is 2.81 bits per heavy atom. The number of aromatic nitrogens is 1. The van der Waals surface area contributed by atoms with Crippen LogP contribution in [-0.4, -0.2) is 25.1 Å². The number of hydrogen-bond acceptors (Lipinski definition) is 3. The fourth-order valence-corrected chi connectivity index (χ4v) is 1.81. The van der Waals surface area contributed by atoms with E-state index in [1.165, 1.54) is 5.56 Å². The lowest BCUT2D eigenvalue weighted by Crippen LogP contribution is -2.25. The standard InChI is InChI=1S/C13H23N3/c1-5-14-9-12-7-6-8-15-13(12)16(4)10-11(2)3/h6-8,11,14H,5,9-10H2,1-4H3. The molecular formula is C13H23N3. The Kier molecular flexibility index (Phi) is 5.26. The molecule has 3 nitrogen and oxygen atoms in total. The second-order valence-corrected chi connectivity index (χ2v) is 4.54. The first-order valence-electron chi connectivity index (χ1n) is 6.00. The first-order valence-corrected chi connectivity index (χ1v) is 6.00. The molecule has 0 aliphatic heterocycles. The van der Waals surface area contributed by atoms with E-state index in [0.29, 0.717) is 5.92 Å². The molecule has 0 radical (unpaired) electrons. The van der Waals surface area contributed by atoms with Crippen molar-refractivity contribution < 1.29 is 0 Å². The first-order chi connectivity index (χ1) is 7.65. The van der Waals surface area contributed by atoms with E-state index in [-0.39, 0.29) is 0 Å². The summed E-state index contributed by atoms with van der Waals surface area (Å²) in [6.07, 6.45) is 1.86. The lowest BCUT2D eigenvalue weighted by atomic mass is 10.2. The Balaban J connectivity index is 2.76. The zero-order valence-electron chi connectivity index (χ0n) is 10.8. The number of nitrogens with zero attached hydrogens (tertiary/aromatic N) is 2. The van der Waals surface area contributed by atoms with Crippen molar-refractivity contribution in [3.63, 3.8) is 0 Å². The van der Waals surface area contributed by atoms with Gasteiger partial charge in [-0.05, 0) is 18.5 Å². The number of anilines is 1. The van der Waals surface area contributed by atoms with Crippen molar-refractivity contribution in [2.75, 3.05) is 25.0 Å². The maximum atomic E-state index is 4.47. The van der Waals surface area contributed by atoms with Crippen LogP contribution >= 0.6 is 0 Å². The fourth-order valence-electron chi connectivity index (χ4n) is 1.81. The molecule has 1 heterocycles. The van der Waals surface area contributed by atoms with Crippen LogP contribution in [0.3, 0.4) is 0 Å². The van der Waals surface area contributed by atoms with Crippen LogP contribution in [0, 0.1) is 5.92 Å². The second kappa shape index (κ2) is 6.48. The van der Waals surface area contributed by atoms with Crippen LogP contribution in [0.25, 0.3) is 0 Å². The molecule has 0 aliphatic carbocycles. The molecule has 0 bridgehead atoms. The molecule has 1 aromatic heterocycles. The van der Waals surface area contributed by atoms with Crippen molar-refractivity contribution in [2.45, 2.75) is 27.3 Å². The Bertz CT molecular complexity index is 310. The van der Waals surface area contributed by atoms with E-state index in [9.17, 15) is 0 Å².